The number of hydrogen-bond donors (Lipinski definition) is 6. The molecule has 4 atom stereocenters. The molecule has 2 aromatic carbocycles. The predicted molar refractivity (Wildman–Crippen MR) is 269 cm³/mol. The van der Waals surface area contributed by atoms with Gasteiger partial charge in [-0.05, 0) is 67.3 Å². The summed E-state index contributed by atoms with van der Waals surface area (Å²) in [6, 6.07) is 10.0. The Kier molecular flexibility index (Phi) is 22.3. The Morgan fingerprint density at radius 3 is 2.08 bits per heavy atom. The second kappa shape index (κ2) is 27.8. The van der Waals surface area contributed by atoms with Crippen LogP contribution in [0, 0.1) is 23.0 Å². The van der Waals surface area contributed by atoms with Crippen molar-refractivity contribution in [3.63, 3.8) is 0 Å². The molecule has 1 unspecified atom stereocenters. The zero-order chi connectivity index (χ0) is 54.0. The summed E-state index contributed by atoms with van der Waals surface area (Å²) >= 11 is 0.938. The largest absolute Gasteiger partial charge is 0.481 e. The van der Waals surface area contributed by atoms with Gasteiger partial charge in [0.1, 0.15) is 29.8 Å². The zero-order valence-electron chi connectivity index (χ0n) is 42.1. The third kappa shape index (κ3) is 18.3. The number of rotatable bonds is 29. The highest BCUT2D eigenvalue weighted by atomic mass is 32.2. The molecule has 1 aliphatic rings. The maximum Gasteiger partial charge on any atom is 0.327 e. The van der Waals surface area contributed by atoms with Crippen molar-refractivity contribution in [3.05, 3.63) is 95.8 Å². The average molecular weight is 1040 g/mol. The summed E-state index contributed by atoms with van der Waals surface area (Å²) in [6.07, 6.45) is 4.99. The first-order valence-corrected chi connectivity index (χ1v) is 25.3. The lowest BCUT2D eigenvalue weighted by molar-refractivity contribution is -0.142. The van der Waals surface area contributed by atoms with Crippen LogP contribution in [0.4, 0.5) is 8.78 Å². The number of halogens is 2. The summed E-state index contributed by atoms with van der Waals surface area (Å²) in [5, 5.41) is 29.3. The van der Waals surface area contributed by atoms with Gasteiger partial charge in [0.15, 0.2) is 0 Å². The normalized spacial score (nSPS) is 14.1. The van der Waals surface area contributed by atoms with E-state index in [1.807, 2.05) is 55.7 Å². The van der Waals surface area contributed by atoms with Gasteiger partial charge in [-0.1, -0.05) is 71.4 Å². The van der Waals surface area contributed by atoms with Crippen molar-refractivity contribution in [3.8, 4) is 11.1 Å². The number of aromatic nitrogens is 1. The molecule has 1 aromatic heterocycles. The molecule has 0 aliphatic carbocycles. The van der Waals surface area contributed by atoms with Crippen LogP contribution in [0.5, 0.6) is 0 Å². The Balaban J connectivity index is 1.50. The monoisotopic (exact) mass is 1040 g/mol. The van der Waals surface area contributed by atoms with E-state index in [2.05, 4.69) is 21.3 Å². The summed E-state index contributed by atoms with van der Waals surface area (Å²) in [4.78, 5) is 116. The van der Waals surface area contributed by atoms with Crippen molar-refractivity contribution < 1.29 is 62.1 Å². The molecule has 0 bridgehead atoms. The number of carboxylic acid groups (broad SMARTS) is 2. The van der Waals surface area contributed by atoms with Crippen LogP contribution in [0.25, 0.3) is 11.1 Å². The third-order valence-electron chi connectivity index (χ3n) is 11.9. The number of carboxylic acids is 2. The number of unbranched alkanes of at least 4 members (excludes halogenated alkanes) is 2. The Morgan fingerprint density at radius 2 is 1.45 bits per heavy atom. The molecule has 7 amide bonds. The van der Waals surface area contributed by atoms with E-state index in [1.54, 1.807) is 31.0 Å². The third-order valence-corrected chi connectivity index (χ3v) is 12.9. The highest BCUT2D eigenvalue weighted by molar-refractivity contribution is 8.00. The minimum atomic E-state index is -1.44. The number of carbonyl (C=O) groups excluding carboxylic acids is 7. The summed E-state index contributed by atoms with van der Waals surface area (Å²) in [6.45, 7) is 11.3. The van der Waals surface area contributed by atoms with Crippen molar-refractivity contribution in [2.75, 3.05) is 31.1 Å². The topological polar surface area (TPSA) is 254 Å². The van der Waals surface area contributed by atoms with Crippen LogP contribution >= 0.6 is 11.8 Å². The van der Waals surface area contributed by atoms with Gasteiger partial charge >= 0.3 is 11.9 Å². The smallest absolute Gasteiger partial charge is 0.327 e. The minimum Gasteiger partial charge on any atom is -0.481 e. The van der Waals surface area contributed by atoms with Crippen molar-refractivity contribution in [2.24, 2.45) is 11.3 Å². The van der Waals surface area contributed by atoms with E-state index in [0.717, 1.165) is 40.4 Å². The second-order valence-corrected chi connectivity index (χ2v) is 20.3. The molecular weight excluding hydrogens is 969 g/mol. The molecule has 6 N–H and O–H groups in total. The molecule has 4 rings (SSSR count). The van der Waals surface area contributed by atoms with Gasteiger partial charge < -0.3 is 40.9 Å². The van der Waals surface area contributed by atoms with Crippen LogP contribution in [0.2, 0.25) is 0 Å². The van der Waals surface area contributed by atoms with E-state index in [0.29, 0.717) is 30.5 Å². The van der Waals surface area contributed by atoms with E-state index >= 15 is 4.39 Å². The van der Waals surface area contributed by atoms with Crippen LogP contribution in [0.1, 0.15) is 104 Å². The predicted octanol–water partition coefficient (Wildman–Crippen LogP) is 5.20. The second-order valence-electron chi connectivity index (χ2n) is 19.3. The quantitative estimate of drug-likeness (QED) is 0.0388. The summed E-state index contributed by atoms with van der Waals surface area (Å²) in [5.41, 5.74) is 1.06. The van der Waals surface area contributed by atoms with Gasteiger partial charge in [0.25, 0.3) is 11.8 Å². The Hall–Kier alpha value is -6.90. The fraction of sp³-hybridized carbons (Fsp3) is 0.481. The van der Waals surface area contributed by atoms with Gasteiger partial charge in [-0.3, -0.25) is 43.3 Å². The molecule has 18 nitrogen and oxygen atoms in total. The fourth-order valence-corrected chi connectivity index (χ4v) is 9.09. The molecular formula is C52H67F2N7O11S. The van der Waals surface area contributed by atoms with Crippen molar-refractivity contribution in [1.82, 2.24) is 35.6 Å². The fourth-order valence-electron chi connectivity index (χ4n) is 8.17. The Labute approximate surface area is 428 Å². The van der Waals surface area contributed by atoms with E-state index in [1.165, 1.54) is 19.1 Å². The maximum atomic E-state index is 15.4. The molecule has 396 valence electrons. The molecule has 2 heterocycles. The number of imide groups is 1. The first kappa shape index (κ1) is 58.7. The molecule has 21 heteroatoms. The number of nitrogens with one attached hydrogen (secondary N) is 4. The molecule has 0 fully saturated rings. The molecule has 1 aliphatic heterocycles. The van der Waals surface area contributed by atoms with E-state index in [9.17, 15) is 52.6 Å². The van der Waals surface area contributed by atoms with Crippen LogP contribution in [-0.2, 0) is 49.7 Å². The van der Waals surface area contributed by atoms with Crippen LogP contribution in [0.3, 0.4) is 0 Å². The number of benzene rings is 2. The lowest BCUT2D eigenvalue weighted by Crippen LogP contribution is -2.54. The summed E-state index contributed by atoms with van der Waals surface area (Å²) in [7, 11) is 0. The van der Waals surface area contributed by atoms with Gasteiger partial charge in [0, 0.05) is 79.9 Å². The SMILES string of the molecule is CC(C)C(NC(=O)CCCCCN1C(=O)C=CC1=O)C(=O)N[C@@H](C)C(=O)NCCCN(C(=O)CSC[C@H](NC(=O)CCC(=O)O)C(=O)O)[C@@H](c1cc(-c2cc(F)ccc2F)cn1Cc1ccccc1)C(C)(C)C. The van der Waals surface area contributed by atoms with Crippen molar-refractivity contribution >= 4 is 65.1 Å². The summed E-state index contributed by atoms with van der Waals surface area (Å²) in [5.74, 6) is -8.25. The van der Waals surface area contributed by atoms with Crippen molar-refractivity contribution in [1.29, 1.82) is 0 Å². The molecule has 0 saturated carbocycles. The van der Waals surface area contributed by atoms with Gasteiger partial charge in [-0.2, -0.15) is 0 Å². The number of thioether (sulfide) groups is 1. The molecule has 0 spiro atoms. The maximum absolute atomic E-state index is 15.4. The first-order chi connectivity index (χ1) is 34.5. The average Bonchev–Trinajstić information content (AvgIpc) is 3.88. The lowest BCUT2D eigenvalue weighted by atomic mass is 9.83. The van der Waals surface area contributed by atoms with Gasteiger partial charge in [-0.15, -0.1) is 11.8 Å². The minimum absolute atomic E-state index is 0.00288. The Morgan fingerprint density at radius 1 is 0.781 bits per heavy atom. The molecule has 3 aromatic rings. The standard InChI is InChI=1S/C52H67F2N7O11S/c1-32(2)47(58-41(62)16-11-8-12-24-60-43(64)20-21-44(60)65)50(70)56-33(3)49(69)55-23-13-25-61(45(66)31-73-30-39(51(71)72)57-42(63)19-22-46(67)68)48(52(4,5)6)40-26-35(37-27-36(53)17-18-38(37)54)29-59(40)28-34-14-9-7-10-15-34/h7,9-10,14-15,17-18,20-21,26-27,29,32-33,39,47-48H,8,11-13,16,19,22-25,28,30-31H2,1-6H3,(H,55,69)(H,56,70)(H,57,63)(H,58,62)(H,67,68)(H,71,72)/t33-,39-,47?,48-/m0/s1. The highest BCUT2D eigenvalue weighted by Gasteiger charge is 2.38. The number of hydrogen-bond acceptors (Lipinski definition) is 10. The lowest BCUT2D eigenvalue weighted by Gasteiger charge is -2.41. The van der Waals surface area contributed by atoms with E-state index < -0.39 is 89.6 Å². The van der Waals surface area contributed by atoms with Gasteiger partial charge in [0.05, 0.1) is 18.2 Å². The first-order valence-electron chi connectivity index (χ1n) is 24.2. The van der Waals surface area contributed by atoms with Crippen LogP contribution < -0.4 is 21.3 Å². The molecule has 0 saturated heterocycles. The highest BCUT2D eigenvalue weighted by Crippen LogP contribution is 2.41. The zero-order valence-corrected chi connectivity index (χ0v) is 42.9. The van der Waals surface area contributed by atoms with Gasteiger partial charge in [-0.25, -0.2) is 13.6 Å². The Bertz CT molecular complexity index is 2480. The van der Waals surface area contributed by atoms with Crippen LogP contribution in [-0.4, -0.2) is 127 Å². The number of amides is 7. The number of aliphatic carboxylic acids is 2. The molecule has 0 radical (unpaired) electrons. The van der Waals surface area contributed by atoms with Crippen LogP contribution in [0.15, 0.2) is 72.9 Å². The number of nitrogens with zero attached hydrogens (tertiary/aromatic N) is 3. The van der Waals surface area contributed by atoms with E-state index in [4.69, 9.17) is 5.11 Å². The summed E-state index contributed by atoms with van der Waals surface area (Å²) < 4.78 is 31.8. The van der Waals surface area contributed by atoms with Gasteiger partial charge in [0.2, 0.25) is 29.5 Å². The van der Waals surface area contributed by atoms with Crippen molar-refractivity contribution in [2.45, 2.75) is 117 Å². The number of carbonyl (C=O) groups is 9. The molecule has 73 heavy (non-hydrogen) atoms. The van der Waals surface area contributed by atoms with E-state index in [-0.39, 0.29) is 79.7 Å².